The molecule has 118 valence electrons. The molecule has 2 rings (SSSR count). The van der Waals surface area contributed by atoms with E-state index in [4.69, 9.17) is 0 Å². The van der Waals surface area contributed by atoms with E-state index in [1.807, 2.05) is 12.2 Å². The first kappa shape index (κ1) is 16.0. The number of hydrogen-bond donors (Lipinski definition) is 3. The third kappa shape index (κ3) is 4.82. The number of carboxylic acid groups (broad SMARTS) is 1. The quantitative estimate of drug-likeness (QED) is 0.477. The summed E-state index contributed by atoms with van der Waals surface area (Å²) in [6.45, 7) is 5.78. The van der Waals surface area contributed by atoms with Crippen molar-refractivity contribution in [3.63, 3.8) is 0 Å². The molecule has 1 fully saturated rings. The van der Waals surface area contributed by atoms with E-state index in [2.05, 4.69) is 15.5 Å². The van der Waals surface area contributed by atoms with Crippen molar-refractivity contribution in [3.05, 3.63) is 12.2 Å². The Balaban J connectivity index is 1.68. The van der Waals surface area contributed by atoms with Crippen molar-refractivity contribution in [2.75, 3.05) is 39.3 Å². The molecule has 2 unspecified atom stereocenters. The topological polar surface area (TPSA) is 81.7 Å². The Morgan fingerprint density at radius 3 is 2.52 bits per heavy atom. The number of nitrogens with one attached hydrogen (secondary N) is 2. The largest absolute Gasteiger partial charge is 0.481 e. The third-order valence-electron chi connectivity index (χ3n) is 4.25. The SMILES string of the molecule is O=C(O)C1CC=CCC1C(=O)NCCCN1CCNCC1. The highest BCUT2D eigenvalue weighted by atomic mass is 16.4. The molecule has 0 aromatic carbocycles. The fraction of sp³-hybridized carbons (Fsp3) is 0.733. The molecule has 1 aliphatic heterocycles. The number of aliphatic carboxylic acids is 1. The average Bonchev–Trinajstić information content (AvgIpc) is 2.52. The maximum atomic E-state index is 12.1. The molecule has 21 heavy (non-hydrogen) atoms. The van der Waals surface area contributed by atoms with Crippen LogP contribution in [-0.2, 0) is 9.59 Å². The summed E-state index contributed by atoms with van der Waals surface area (Å²) in [5.41, 5.74) is 0. The van der Waals surface area contributed by atoms with E-state index in [1.165, 1.54) is 0 Å². The monoisotopic (exact) mass is 295 g/mol. The predicted octanol–water partition coefficient (Wildman–Crippen LogP) is 0.0649. The van der Waals surface area contributed by atoms with Gasteiger partial charge in [0.05, 0.1) is 11.8 Å². The normalized spacial score (nSPS) is 26.5. The Hall–Kier alpha value is -1.40. The molecule has 3 N–H and O–H groups in total. The van der Waals surface area contributed by atoms with Crippen LogP contribution in [0.25, 0.3) is 0 Å². The van der Waals surface area contributed by atoms with Crippen molar-refractivity contribution in [2.24, 2.45) is 11.8 Å². The van der Waals surface area contributed by atoms with Gasteiger partial charge in [-0.2, -0.15) is 0 Å². The van der Waals surface area contributed by atoms with Gasteiger partial charge in [-0.25, -0.2) is 0 Å². The van der Waals surface area contributed by atoms with Gasteiger partial charge in [0.15, 0.2) is 0 Å². The predicted molar refractivity (Wildman–Crippen MR) is 79.9 cm³/mol. The number of piperazine rings is 1. The van der Waals surface area contributed by atoms with Crippen LogP contribution in [-0.4, -0.2) is 61.2 Å². The molecule has 0 bridgehead atoms. The van der Waals surface area contributed by atoms with Crippen LogP contribution in [0.3, 0.4) is 0 Å². The van der Waals surface area contributed by atoms with Crippen molar-refractivity contribution in [1.29, 1.82) is 0 Å². The second kappa shape index (κ2) is 8.14. The van der Waals surface area contributed by atoms with Gasteiger partial charge in [-0.3, -0.25) is 9.59 Å². The van der Waals surface area contributed by atoms with Gasteiger partial charge >= 0.3 is 5.97 Å². The number of rotatable bonds is 6. The van der Waals surface area contributed by atoms with E-state index in [0.717, 1.165) is 39.1 Å². The summed E-state index contributed by atoms with van der Waals surface area (Å²) in [6, 6.07) is 0. The van der Waals surface area contributed by atoms with Crippen molar-refractivity contribution in [1.82, 2.24) is 15.5 Å². The summed E-state index contributed by atoms with van der Waals surface area (Å²) in [5.74, 6) is -2.00. The first-order valence-corrected chi connectivity index (χ1v) is 7.77. The van der Waals surface area contributed by atoms with E-state index in [0.29, 0.717) is 19.4 Å². The first-order valence-electron chi connectivity index (χ1n) is 7.77. The molecule has 0 radical (unpaired) electrons. The number of carbonyl (C=O) groups excluding carboxylic acids is 1. The van der Waals surface area contributed by atoms with Gasteiger partial charge in [-0.05, 0) is 25.8 Å². The smallest absolute Gasteiger partial charge is 0.307 e. The van der Waals surface area contributed by atoms with E-state index in [1.54, 1.807) is 0 Å². The van der Waals surface area contributed by atoms with E-state index >= 15 is 0 Å². The standard InChI is InChI=1S/C15H25N3O3/c19-14(12-4-1-2-5-13(12)15(20)21)17-6-3-9-18-10-7-16-8-11-18/h1-2,12-13,16H,3-11H2,(H,17,19)(H,20,21). The van der Waals surface area contributed by atoms with E-state index in [9.17, 15) is 14.7 Å². The zero-order valence-electron chi connectivity index (χ0n) is 12.4. The summed E-state index contributed by atoms with van der Waals surface area (Å²) in [5, 5.41) is 15.4. The third-order valence-corrected chi connectivity index (χ3v) is 4.25. The van der Waals surface area contributed by atoms with Gasteiger partial charge in [0.25, 0.3) is 0 Å². The second-order valence-corrected chi connectivity index (χ2v) is 5.73. The molecule has 1 saturated heterocycles. The zero-order valence-corrected chi connectivity index (χ0v) is 12.4. The fourth-order valence-corrected chi connectivity index (χ4v) is 2.96. The van der Waals surface area contributed by atoms with Crippen molar-refractivity contribution in [2.45, 2.75) is 19.3 Å². The number of carboxylic acids is 1. The molecule has 2 aliphatic rings. The summed E-state index contributed by atoms with van der Waals surface area (Å²) >= 11 is 0. The number of amides is 1. The molecule has 6 nitrogen and oxygen atoms in total. The van der Waals surface area contributed by atoms with Crippen LogP contribution in [0.15, 0.2) is 12.2 Å². The minimum Gasteiger partial charge on any atom is -0.481 e. The molecule has 0 spiro atoms. The Morgan fingerprint density at radius 1 is 1.19 bits per heavy atom. The lowest BCUT2D eigenvalue weighted by atomic mass is 9.82. The van der Waals surface area contributed by atoms with Gasteiger partial charge in [-0.1, -0.05) is 12.2 Å². The van der Waals surface area contributed by atoms with Crippen molar-refractivity contribution >= 4 is 11.9 Å². The maximum Gasteiger partial charge on any atom is 0.307 e. The Bertz CT molecular complexity index is 392. The molecule has 1 aliphatic carbocycles. The molecule has 0 saturated carbocycles. The number of nitrogens with zero attached hydrogens (tertiary/aromatic N) is 1. The van der Waals surface area contributed by atoms with Gasteiger partial charge in [0.1, 0.15) is 0 Å². The van der Waals surface area contributed by atoms with Crippen LogP contribution in [0.5, 0.6) is 0 Å². The van der Waals surface area contributed by atoms with E-state index in [-0.39, 0.29) is 5.91 Å². The molecular weight excluding hydrogens is 270 g/mol. The summed E-state index contributed by atoms with van der Waals surface area (Å²) in [4.78, 5) is 25.7. The van der Waals surface area contributed by atoms with Crippen LogP contribution in [0.2, 0.25) is 0 Å². The highest BCUT2D eigenvalue weighted by Crippen LogP contribution is 2.25. The van der Waals surface area contributed by atoms with Crippen molar-refractivity contribution in [3.8, 4) is 0 Å². The van der Waals surface area contributed by atoms with Gasteiger partial charge in [-0.15, -0.1) is 0 Å². The van der Waals surface area contributed by atoms with E-state index < -0.39 is 17.8 Å². The van der Waals surface area contributed by atoms with Gasteiger partial charge in [0.2, 0.25) is 5.91 Å². The second-order valence-electron chi connectivity index (χ2n) is 5.73. The van der Waals surface area contributed by atoms with Crippen LogP contribution in [0.4, 0.5) is 0 Å². The summed E-state index contributed by atoms with van der Waals surface area (Å²) in [7, 11) is 0. The average molecular weight is 295 g/mol. The molecule has 1 heterocycles. The lowest BCUT2D eigenvalue weighted by molar-refractivity contribution is -0.147. The lowest BCUT2D eigenvalue weighted by Crippen LogP contribution is -2.44. The maximum absolute atomic E-state index is 12.1. The van der Waals surface area contributed by atoms with Crippen LogP contribution in [0.1, 0.15) is 19.3 Å². The number of hydrogen-bond acceptors (Lipinski definition) is 4. The Morgan fingerprint density at radius 2 is 1.86 bits per heavy atom. The van der Waals surface area contributed by atoms with Gasteiger partial charge in [0, 0.05) is 32.7 Å². The van der Waals surface area contributed by atoms with Crippen LogP contribution >= 0.6 is 0 Å². The summed E-state index contributed by atoms with van der Waals surface area (Å²) in [6.07, 6.45) is 5.65. The number of carbonyl (C=O) groups is 2. The molecule has 1 amide bonds. The molecule has 2 atom stereocenters. The van der Waals surface area contributed by atoms with Crippen LogP contribution < -0.4 is 10.6 Å². The van der Waals surface area contributed by atoms with Gasteiger partial charge < -0.3 is 20.6 Å². The Kier molecular flexibility index (Phi) is 6.20. The molecular formula is C15H25N3O3. The minimum atomic E-state index is -0.875. The molecule has 0 aromatic rings. The number of allylic oxidation sites excluding steroid dienone is 2. The van der Waals surface area contributed by atoms with Crippen LogP contribution in [0, 0.1) is 11.8 Å². The highest BCUT2D eigenvalue weighted by Gasteiger charge is 2.33. The lowest BCUT2D eigenvalue weighted by Gasteiger charge is -2.27. The zero-order chi connectivity index (χ0) is 15.1. The highest BCUT2D eigenvalue weighted by molar-refractivity contribution is 5.85. The minimum absolute atomic E-state index is 0.118. The Labute approximate surface area is 125 Å². The molecule has 0 aromatic heterocycles. The first-order chi connectivity index (χ1) is 10.2. The summed E-state index contributed by atoms with van der Waals surface area (Å²) < 4.78 is 0. The fourth-order valence-electron chi connectivity index (χ4n) is 2.96. The molecule has 6 heteroatoms. The van der Waals surface area contributed by atoms with Crippen molar-refractivity contribution < 1.29 is 14.7 Å².